The zero-order valence-corrected chi connectivity index (χ0v) is 16.3. The van der Waals surface area contributed by atoms with Crippen molar-refractivity contribution in [3.8, 4) is 5.75 Å². The highest BCUT2D eigenvalue weighted by atomic mass is 32.2. The minimum absolute atomic E-state index is 0.0681. The number of anilines is 1. The number of sulfonamides is 1. The van der Waals surface area contributed by atoms with Gasteiger partial charge < -0.3 is 9.64 Å². The van der Waals surface area contributed by atoms with Gasteiger partial charge in [0.2, 0.25) is 0 Å². The van der Waals surface area contributed by atoms with Gasteiger partial charge in [0, 0.05) is 24.7 Å². The van der Waals surface area contributed by atoms with Gasteiger partial charge >= 0.3 is 0 Å². The predicted molar refractivity (Wildman–Crippen MR) is 102 cm³/mol. The maximum Gasteiger partial charge on any atom is 0.264 e. The molecule has 29 heavy (non-hydrogen) atoms. The summed E-state index contributed by atoms with van der Waals surface area (Å²) in [5.41, 5.74) is 0.315. The second kappa shape index (κ2) is 7.62. The van der Waals surface area contributed by atoms with Crippen LogP contribution in [0.4, 0.5) is 14.5 Å². The molecule has 1 fully saturated rings. The summed E-state index contributed by atoms with van der Waals surface area (Å²) in [6.45, 7) is 1.11. The van der Waals surface area contributed by atoms with E-state index in [1.807, 2.05) is 4.90 Å². The number of carbonyl (C=O) groups is 1. The number of piperidine rings is 1. The molecule has 2 aromatic carbocycles. The van der Waals surface area contributed by atoms with Gasteiger partial charge in [-0.2, -0.15) is 0 Å². The zero-order valence-electron chi connectivity index (χ0n) is 15.5. The van der Waals surface area contributed by atoms with Crippen LogP contribution in [0.2, 0.25) is 0 Å². The van der Waals surface area contributed by atoms with E-state index in [1.165, 1.54) is 18.2 Å². The van der Waals surface area contributed by atoms with E-state index >= 15 is 0 Å². The number of carbonyl (C=O) groups excluding carboxylic acids is 1. The number of halogens is 2. The van der Waals surface area contributed by atoms with Crippen LogP contribution in [-0.2, 0) is 10.0 Å². The molecular formula is C20H20F2N2O4S. The Morgan fingerprint density at radius 1 is 1.07 bits per heavy atom. The van der Waals surface area contributed by atoms with E-state index < -0.39 is 26.6 Å². The lowest BCUT2D eigenvalue weighted by Crippen LogP contribution is -2.45. The van der Waals surface area contributed by atoms with Gasteiger partial charge in [0.15, 0.2) is 0 Å². The van der Waals surface area contributed by atoms with Gasteiger partial charge in [-0.15, -0.1) is 0 Å². The molecule has 6 nitrogen and oxygen atoms in total. The Morgan fingerprint density at radius 3 is 2.72 bits per heavy atom. The molecule has 4 rings (SSSR count). The first-order valence-corrected chi connectivity index (χ1v) is 10.9. The SMILES string of the molecule is O=C1c2cc(NS(=O)(=O)c3cc(F)ccc3F)ccc2OCCC2CCCCN12. The second-order valence-electron chi connectivity index (χ2n) is 7.18. The Hall–Kier alpha value is -2.68. The maximum atomic E-state index is 13.9. The first-order chi connectivity index (χ1) is 13.8. The highest BCUT2D eigenvalue weighted by molar-refractivity contribution is 7.92. The Bertz CT molecular complexity index is 1060. The lowest BCUT2D eigenvalue weighted by atomic mass is 9.97. The molecule has 2 heterocycles. The first kappa shape index (κ1) is 19.6. The number of nitrogens with zero attached hydrogens (tertiary/aromatic N) is 1. The normalized spacial score (nSPS) is 19.4. The lowest BCUT2D eigenvalue weighted by molar-refractivity contribution is 0.0548. The number of amides is 1. The Morgan fingerprint density at radius 2 is 1.90 bits per heavy atom. The number of ether oxygens (including phenoxy) is 1. The molecule has 154 valence electrons. The van der Waals surface area contributed by atoms with E-state index in [4.69, 9.17) is 4.74 Å². The Labute approximate surface area is 167 Å². The molecule has 0 saturated carbocycles. The van der Waals surface area contributed by atoms with Crippen molar-refractivity contribution in [3.05, 3.63) is 53.6 Å². The van der Waals surface area contributed by atoms with Crippen molar-refractivity contribution in [2.24, 2.45) is 0 Å². The van der Waals surface area contributed by atoms with Crippen LogP contribution in [0, 0.1) is 11.6 Å². The van der Waals surface area contributed by atoms with Gasteiger partial charge in [-0.1, -0.05) is 0 Å². The number of rotatable bonds is 3. The standard InChI is InChI=1S/C20H20F2N2O4S/c21-13-4-6-17(22)19(11-13)29(26,27)23-14-5-7-18-16(12-14)20(25)24-9-2-1-3-15(24)8-10-28-18/h4-7,11-12,15,23H,1-3,8-10H2. The van der Waals surface area contributed by atoms with E-state index in [0.717, 1.165) is 37.8 Å². The van der Waals surface area contributed by atoms with Crippen LogP contribution in [0.3, 0.4) is 0 Å². The van der Waals surface area contributed by atoms with Crippen LogP contribution in [0.5, 0.6) is 5.75 Å². The molecule has 0 aliphatic carbocycles. The minimum Gasteiger partial charge on any atom is -0.493 e. The van der Waals surface area contributed by atoms with Crippen molar-refractivity contribution in [3.63, 3.8) is 0 Å². The monoisotopic (exact) mass is 422 g/mol. The van der Waals surface area contributed by atoms with Crippen LogP contribution >= 0.6 is 0 Å². The molecule has 0 aromatic heterocycles. The fourth-order valence-corrected chi connectivity index (χ4v) is 4.95. The average molecular weight is 422 g/mol. The molecule has 1 N–H and O–H groups in total. The van der Waals surface area contributed by atoms with Crippen molar-refractivity contribution in [1.82, 2.24) is 4.90 Å². The fraction of sp³-hybridized carbons (Fsp3) is 0.350. The molecule has 0 spiro atoms. The molecule has 1 amide bonds. The molecule has 0 radical (unpaired) electrons. The van der Waals surface area contributed by atoms with Crippen LogP contribution in [0.25, 0.3) is 0 Å². The molecular weight excluding hydrogens is 402 g/mol. The third-order valence-corrected chi connectivity index (χ3v) is 6.64. The van der Waals surface area contributed by atoms with E-state index in [-0.39, 0.29) is 23.2 Å². The first-order valence-electron chi connectivity index (χ1n) is 9.41. The molecule has 0 bridgehead atoms. The Balaban J connectivity index is 1.67. The van der Waals surface area contributed by atoms with Gasteiger partial charge in [0.25, 0.3) is 15.9 Å². The summed E-state index contributed by atoms with van der Waals surface area (Å²) in [6, 6.07) is 6.61. The molecule has 2 aliphatic rings. The fourth-order valence-electron chi connectivity index (χ4n) is 3.81. The number of fused-ring (bicyclic) bond motifs is 2. The predicted octanol–water partition coefficient (Wildman–Crippen LogP) is 3.54. The van der Waals surface area contributed by atoms with Crippen LogP contribution < -0.4 is 9.46 Å². The summed E-state index contributed by atoms with van der Waals surface area (Å²) in [5.74, 6) is -1.79. The van der Waals surface area contributed by atoms with Crippen molar-refractivity contribution in [2.75, 3.05) is 17.9 Å². The van der Waals surface area contributed by atoms with E-state index in [0.29, 0.717) is 25.0 Å². The topological polar surface area (TPSA) is 75.7 Å². The highest BCUT2D eigenvalue weighted by Gasteiger charge is 2.31. The van der Waals surface area contributed by atoms with Crippen LogP contribution in [0.1, 0.15) is 36.0 Å². The molecule has 2 aromatic rings. The van der Waals surface area contributed by atoms with Gasteiger partial charge in [0.1, 0.15) is 22.3 Å². The third-order valence-electron chi connectivity index (χ3n) is 5.24. The molecule has 9 heteroatoms. The van der Waals surface area contributed by atoms with Crippen LogP contribution in [-0.4, -0.2) is 38.4 Å². The number of nitrogens with one attached hydrogen (secondary N) is 1. The van der Waals surface area contributed by atoms with E-state index in [1.54, 1.807) is 0 Å². The van der Waals surface area contributed by atoms with Crippen molar-refractivity contribution in [2.45, 2.75) is 36.6 Å². The maximum absolute atomic E-state index is 13.9. The van der Waals surface area contributed by atoms with Gasteiger partial charge in [-0.05, 0) is 55.7 Å². The quantitative estimate of drug-likeness (QED) is 0.821. The van der Waals surface area contributed by atoms with Gasteiger partial charge in [0.05, 0.1) is 12.2 Å². The minimum atomic E-state index is -4.38. The third kappa shape index (κ3) is 3.91. The highest BCUT2D eigenvalue weighted by Crippen LogP contribution is 2.31. The van der Waals surface area contributed by atoms with Gasteiger partial charge in [-0.3, -0.25) is 9.52 Å². The van der Waals surface area contributed by atoms with E-state index in [2.05, 4.69) is 4.72 Å². The molecule has 1 saturated heterocycles. The summed E-state index contributed by atoms with van der Waals surface area (Å²) in [5, 5.41) is 0. The van der Waals surface area contributed by atoms with E-state index in [9.17, 15) is 22.0 Å². The van der Waals surface area contributed by atoms with Crippen molar-refractivity contribution >= 4 is 21.6 Å². The lowest BCUT2D eigenvalue weighted by Gasteiger charge is -2.37. The number of hydrogen-bond acceptors (Lipinski definition) is 4. The number of benzene rings is 2. The van der Waals surface area contributed by atoms with Gasteiger partial charge in [-0.25, -0.2) is 17.2 Å². The largest absolute Gasteiger partial charge is 0.493 e. The smallest absolute Gasteiger partial charge is 0.264 e. The molecule has 1 unspecified atom stereocenters. The summed E-state index contributed by atoms with van der Waals surface area (Å²) in [6.07, 6.45) is 3.64. The molecule has 2 aliphatic heterocycles. The van der Waals surface area contributed by atoms with Crippen molar-refractivity contribution < 1.29 is 26.7 Å². The van der Waals surface area contributed by atoms with Crippen molar-refractivity contribution in [1.29, 1.82) is 0 Å². The Kier molecular flexibility index (Phi) is 5.16. The summed E-state index contributed by atoms with van der Waals surface area (Å²) < 4.78 is 60.3. The molecule has 1 atom stereocenters. The number of hydrogen-bond donors (Lipinski definition) is 1. The van der Waals surface area contributed by atoms with Crippen LogP contribution in [0.15, 0.2) is 41.3 Å². The second-order valence-corrected chi connectivity index (χ2v) is 8.83. The summed E-state index contributed by atoms with van der Waals surface area (Å²) >= 11 is 0. The summed E-state index contributed by atoms with van der Waals surface area (Å²) in [4.78, 5) is 14.1. The average Bonchev–Trinajstić information content (AvgIpc) is 2.69. The summed E-state index contributed by atoms with van der Waals surface area (Å²) in [7, 11) is -4.38. The zero-order chi connectivity index (χ0) is 20.6.